The monoisotopic (exact) mass is 380 g/mol. The predicted molar refractivity (Wildman–Crippen MR) is 108 cm³/mol. The number of esters is 1. The van der Waals surface area contributed by atoms with E-state index in [4.69, 9.17) is 4.74 Å². The molecule has 0 saturated carbocycles. The normalized spacial score (nSPS) is 22.8. The van der Waals surface area contributed by atoms with Crippen LogP contribution in [0.1, 0.15) is 51.2 Å². The van der Waals surface area contributed by atoms with E-state index in [2.05, 4.69) is 5.43 Å². The van der Waals surface area contributed by atoms with Crippen LogP contribution in [0.3, 0.4) is 0 Å². The summed E-state index contributed by atoms with van der Waals surface area (Å²) in [7, 11) is 0. The Morgan fingerprint density at radius 1 is 1.11 bits per heavy atom. The summed E-state index contributed by atoms with van der Waals surface area (Å²) in [6.45, 7) is 7.76. The third-order valence-corrected chi connectivity index (χ3v) is 4.95. The molecule has 5 heteroatoms. The fourth-order valence-corrected chi connectivity index (χ4v) is 3.51. The lowest BCUT2D eigenvalue weighted by Gasteiger charge is -2.46. The Balaban J connectivity index is 1.93. The number of amides is 1. The molecule has 148 valence electrons. The van der Waals surface area contributed by atoms with E-state index in [0.717, 1.165) is 11.1 Å². The number of carbonyl (C=O) groups is 2. The molecule has 1 amide bonds. The van der Waals surface area contributed by atoms with Gasteiger partial charge in [-0.1, -0.05) is 60.7 Å². The number of hydrogen-bond acceptors (Lipinski definition) is 4. The fourth-order valence-electron chi connectivity index (χ4n) is 3.51. The van der Waals surface area contributed by atoms with Crippen molar-refractivity contribution in [2.24, 2.45) is 0 Å². The van der Waals surface area contributed by atoms with Crippen LogP contribution < -0.4 is 5.43 Å². The predicted octanol–water partition coefficient (Wildman–Crippen LogP) is 3.81. The molecule has 5 nitrogen and oxygen atoms in total. The lowest BCUT2D eigenvalue weighted by atomic mass is 9.77. The molecule has 1 heterocycles. The number of nitrogens with one attached hydrogen (secondary N) is 1. The highest BCUT2D eigenvalue weighted by Gasteiger charge is 2.50. The molecule has 0 radical (unpaired) electrons. The van der Waals surface area contributed by atoms with E-state index in [1.165, 1.54) is 0 Å². The molecule has 1 aliphatic rings. The highest BCUT2D eigenvalue weighted by Crippen LogP contribution is 2.37. The average Bonchev–Trinajstić information content (AvgIpc) is 2.64. The average molecular weight is 380 g/mol. The Morgan fingerprint density at radius 2 is 1.68 bits per heavy atom. The van der Waals surface area contributed by atoms with Gasteiger partial charge in [-0.05, 0) is 38.8 Å². The molecule has 0 unspecified atom stereocenters. The minimum Gasteiger partial charge on any atom is -0.459 e. The van der Waals surface area contributed by atoms with Crippen LogP contribution in [-0.2, 0) is 20.9 Å². The highest BCUT2D eigenvalue weighted by molar-refractivity contribution is 5.87. The van der Waals surface area contributed by atoms with Gasteiger partial charge in [0.05, 0.1) is 6.54 Å². The van der Waals surface area contributed by atoms with E-state index in [1.807, 2.05) is 88.4 Å². The number of hydrogen-bond donors (Lipinski definition) is 1. The molecule has 2 atom stereocenters. The van der Waals surface area contributed by atoms with Crippen molar-refractivity contribution in [3.8, 4) is 0 Å². The van der Waals surface area contributed by atoms with Crippen molar-refractivity contribution in [3.63, 3.8) is 0 Å². The second-order valence-corrected chi connectivity index (χ2v) is 8.45. The first-order valence-corrected chi connectivity index (χ1v) is 9.59. The van der Waals surface area contributed by atoms with Crippen molar-refractivity contribution < 1.29 is 14.3 Å². The van der Waals surface area contributed by atoms with E-state index >= 15 is 0 Å². The molecule has 28 heavy (non-hydrogen) atoms. The SMILES string of the molecule is CC(C)(C)OC(=O)[C@@]1(C)NN(Cc2ccccc2)C(=O)C[C@H]1c1ccccc1. The van der Waals surface area contributed by atoms with Gasteiger partial charge in [-0.15, -0.1) is 0 Å². The van der Waals surface area contributed by atoms with Gasteiger partial charge < -0.3 is 4.74 Å². The van der Waals surface area contributed by atoms with Crippen molar-refractivity contribution in [2.45, 2.75) is 57.7 Å². The first-order chi connectivity index (χ1) is 13.2. The van der Waals surface area contributed by atoms with Crippen LogP contribution in [0.25, 0.3) is 0 Å². The topological polar surface area (TPSA) is 58.6 Å². The summed E-state index contributed by atoms with van der Waals surface area (Å²) < 4.78 is 5.73. The van der Waals surface area contributed by atoms with Crippen LogP contribution in [0.15, 0.2) is 60.7 Å². The van der Waals surface area contributed by atoms with Gasteiger partial charge in [-0.2, -0.15) is 0 Å². The Morgan fingerprint density at radius 3 is 2.25 bits per heavy atom. The van der Waals surface area contributed by atoms with Crippen LogP contribution in [0.2, 0.25) is 0 Å². The molecular formula is C23H28N2O3. The van der Waals surface area contributed by atoms with Crippen LogP contribution in [-0.4, -0.2) is 28.0 Å². The Hall–Kier alpha value is -2.66. The van der Waals surface area contributed by atoms with Gasteiger partial charge in [0, 0.05) is 12.3 Å². The maximum Gasteiger partial charge on any atom is 0.329 e. The number of hydrazine groups is 1. The molecule has 1 saturated heterocycles. The Labute approximate surface area is 166 Å². The van der Waals surface area contributed by atoms with Crippen LogP contribution in [0, 0.1) is 0 Å². The quantitative estimate of drug-likeness (QED) is 0.820. The zero-order valence-electron chi connectivity index (χ0n) is 16.9. The van der Waals surface area contributed by atoms with Crippen LogP contribution >= 0.6 is 0 Å². The van der Waals surface area contributed by atoms with Gasteiger partial charge in [-0.25, -0.2) is 10.2 Å². The molecular weight excluding hydrogens is 352 g/mol. The zero-order valence-corrected chi connectivity index (χ0v) is 16.9. The van der Waals surface area contributed by atoms with Crippen molar-refractivity contribution >= 4 is 11.9 Å². The summed E-state index contributed by atoms with van der Waals surface area (Å²) in [5.41, 5.74) is 3.47. The van der Waals surface area contributed by atoms with Gasteiger partial charge in [0.15, 0.2) is 0 Å². The molecule has 0 aliphatic carbocycles. The molecule has 1 N–H and O–H groups in total. The van der Waals surface area contributed by atoms with Crippen molar-refractivity contribution in [1.82, 2.24) is 10.4 Å². The highest BCUT2D eigenvalue weighted by atomic mass is 16.6. The summed E-state index contributed by atoms with van der Waals surface area (Å²) in [6, 6.07) is 19.4. The van der Waals surface area contributed by atoms with Crippen molar-refractivity contribution in [3.05, 3.63) is 71.8 Å². The molecule has 0 bridgehead atoms. The summed E-state index contributed by atoms with van der Waals surface area (Å²) in [6.07, 6.45) is 0.236. The largest absolute Gasteiger partial charge is 0.459 e. The summed E-state index contributed by atoms with van der Waals surface area (Å²) in [5.74, 6) is -0.721. The van der Waals surface area contributed by atoms with Gasteiger partial charge in [0.25, 0.3) is 0 Å². The Kier molecular flexibility index (Phi) is 5.57. The maximum absolute atomic E-state index is 13.2. The summed E-state index contributed by atoms with van der Waals surface area (Å²) >= 11 is 0. The van der Waals surface area contributed by atoms with Gasteiger partial charge in [0.1, 0.15) is 11.1 Å². The fraction of sp³-hybridized carbons (Fsp3) is 0.391. The number of nitrogens with zero attached hydrogens (tertiary/aromatic N) is 1. The lowest BCUT2D eigenvalue weighted by Crippen LogP contribution is -2.66. The summed E-state index contributed by atoms with van der Waals surface area (Å²) in [5, 5.41) is 1.54. The molecule has 1 fully saturated rings. The van der Waals surface area contributed by atoms with Gasteiger partial charge in [0.2, 0.25) is 5.91 Å². The second kappa shape index (κ2) is 7.76. The number of ether oxygens (including phenoxy) is 1. The smallest absolute Gasteiger partial charge is 0.329 e. The van der Waals surface area contributed by atoms with Gasteiger partial charge in [-0.3, -0.25) is 9.80 Å². The lowest BCUT2D eigenvalue weighted by molar-refractivity contribution is -0.172. The first-order valence-electron chi connectivity index (χ1n) is 9.59. The summed E-state index contributed by atoms with van der Waals surface area (Å²) in [4.78, 5) is 26.1. The molecule has 2 aromatic rings. The number of benzene rings is 2. The third-order valence-electron chi connectivity index (χ3n) is 4.95. The molecule has 3 rings (SSSR count). The van der Waals surface area contributed by atoms with Crippen LogP contribution in [0.5, 0.6) is 0 Å². The number of rotatable bonds is 4. The molecule has 1 aliphatic heterocycles. The standard InChI is InChI=1S/C23H28N2O3/c1-22(2,3)28-21(27)23(4)19(18-13-9-6-10-14-18)15-20(26)25(24-23)16-17-11-7-5-8-12-17/h5-14,19,24H,15-16H2,1-4H3/t19-,23-/m0/s1. The molecule has 0 spiro atoms. The van der Waals surface area contributed by atoms with E-state index in [1.54, 1.807) is 5.01 Å². The van der Waals surface area contributed by atoms with Crippen LogP contribution in [0.4, 0.5) is 0 Å². The van der Waals surface area contributed by atoms with E-state index in [-0.39, 0.29) is 24.2 Å². The third kappa shape index (κ3) is 4.42. The van der Waals surface area contributed by atoms with Gasteiger partial charge >= 0.3 is 5.97 Å². The number of carbonyl (C=O) groups excluding carboxylic acids is 2. The van der Waals surface area contributed by atoms with E-state index < -0.39 is 11.1 Å². The molecule has 2 aromatic carbocycles. The van der Waals surface area contributed by atoms with E-state index in [0.29, 0.717) is 6.54 Å². The minimum absolute atomic E-state index is 0.0428. The first kappa shape index (κ1) is 20.1. The van der Waals surface area contributed by atoms with Crippen molar-refractivity contribution in [2.75, 3.05) is 0 Å². The Bertz CT molecular complexity index is 830. The maximum atomic E-state index is 13.2. The zero-order chi connectivity index (χ0) is 20.4. The van der Waals surface area contributed by atoms with E-state index in [9.17, 15) is 9.59 Å². The minimum atomic E-state index is -1.06. The molecule has 0 aromatic heterocycles. The van der Waals surface area contributed by atoms with Crippen molar-refractivity contribution in [1.29, 1.82) is 0 Å². The second-order valence-electron chi connectivity index (χ2n) is 8.45.